The summed E-state index contributed by atoms with van der Waals surface area (Å²) in [6, 6.07) is 5.04. The molecule has 1 aromatic heterocycles. The maximum absolute atomic E-state index is 12.5. The molecule has 3 aliphatic rings. The second-order valence-corrected chi connectivity index (χ2v) is 8.54. The molecule has 1 aliphatic carbocycles. The van der Waals surface area contributed by atoms with Crippen LogP contribution in [-0.2, 0) is 0 Å². The van der Waals surface area contributed by atoms with Crippen molar-refractivity contribution >= 4 is 6.03 Å². The van der Waals surface area contributed by atoms with Crippen LogP contribution in [0.15, 0.2) is 24.5 Å². The predicted molar refractivity (Wildman–Crippen MR) is 109 cm³/mol. The van der Waals surface area contributed by atoms with E-state index in [-0.39, 0.29) is 6.03 Å². The number of pyridine rings is 1. The van der Waals surface area contributed by atoms with Crippen LogP contribution in [0.3, 0.4) is 0 Å². The number of carbonyl (C=O) groups excluding carboxylic acids is 1. The van der Waals surface area contributed by atoms with Gasteiger partial charge >= 0.3 is 6.03 Å². The maximum Gasteiger partial charge on any atom is 0.317 e. The van der Waals surface area contributed by atoms with Crippen molar-refractivity contribution in [1.82, 2.24) is 20.1 Å². The van der Waals surface area contributed by atoms with Crippen LogP contribution in [0, 0.1) is 0 Å². The molecule has 6 nitrogen and oxygen atoms in total. The van der Waals surface area contributed by atoms with Gasteiger partial charge in [0.2, 0.25) is 0 Å². The highest BCUT2D eigenvalue weighted by molar-refractivity contribution is 5.74. The lowest BCUT2D eigenvalue weighted by Gasteiger charge is -2.42. The number of rotatable bonds is 4. The molecule has 0 aromatic carbocycles. The van der Waals surface area contributed by atoms with Crippen molar-refractivity contribution < 1.29 is 9.53 Å². The molecular formula is C22H34N4O2. The second kappa shape index (κ2) is 9.59. The summed E-state index contributed by atoms with van der Waals surface area (Å²) in [5.41, 5.74) is 0. The SMILES string of the molecule is O=C(NC1CCCCC1)N1CCC(N2CCC(Oc3ccncc3)CC2)CC1. The zero-order valence-corrected chi connectivity index (χ0v) is 16.9. The standard InChI is InChI=1S/C22H34N4O2/c27-22(24-18-4-2-1-3-5-18)26-14-8-19(9-15-26)25-16-10-21(11-17-25)28-20-6-12-23-13-7-20/h6-7,12-13,18-19,21H,1-5,8-11,14-17H2,(H,24,27). The van der Waals surface area contributed by atoms with Crippen LogP contribution in [0.1, 0.15) is 57.8 Å². The fourth-order valence-corrected chi connectivity index (χ4v) is 4.91. The third-order valence-electron chi connectivity index (χ3n) is 6.63. The van der Waals surface area contributed by atoms with E-state index in [0.29, 0.717) is 18.2 Å². The number of nitrogens with one attached hydrogen (secondary N) is 1. The highest BCUT2D eigenvalue weighted by Gasteiger charge is 2.30. The summed E-state index contributed by atoms with van der Waals surface area (Å²) in [4.78, 5) is 21.2. The Labute approximate surface area is 168 Å². The summed E-state index contributed by atoms with van der Waals surface area (Å²) in [6.45, 7) is 3.96. The fourth-order valence-electron chi connectivity index (χ4n) is 4.91. The number of nitrogens with zero attached hydrogens (tertiary/aromatic N) is 3. The quantitative estimate of drug-likeness (QED) is 0.861. The number of piperidine rings is 2. The Bertz CT molecular complexity index is 604. The van der Waals surface area contributed by atoms with E-state index in [0.717, 1.165) is 70.5 Å². The first-order valence-corrected chi connectivity index (χ1v) is 11.1. The van der Waals surface area contributed by atoms with Crippen LogP contribution >= 0.6 is 0 Å². The Hall–Kier alpha value is -1.82. The van der Waals surface area contributed by atoms with Gasteiger partial charge in [0.25, 0.3) is 0 Å². The van der Waals surface area contributed by atoms with Gasteiger partial charge in [0.15, 0.2) is 0 Å². The average molecular weight is 387 g/mol. The Kier molecular flexibility index (Phi) is 6.68. The minimum absolute atomic E-state index is 0.162. The third-order valence-corrected chi connectivity index (χ3v) is 6.63. The molecule has 2 amide bonds. The third kappa shape index (κ3) is 5.16. The molecule has 1 N–H and O–H groups in total. The van der Waals surface area contributed by atoms with Gasteiger partial charge in [-0.25, -0.2) is 4.79 Å². The number of ether oxygens (including phenoxy) is 1. The number of hydrogen-bond acceptors (Lipinski definition) is 4. The van der Waals surface area contributed by atoms with Gasteiger partial charge in [-0.3, -0.25) is 9.88 Å². The smallest absolute Gasteiger partial charge is 0.317 e. The summed E-state index contributed by atoms with van der Waals surface area (Å²) >= 11 is 0. The van der Waals surface area contributed by atoms with Crippen molar-refractivity contribution in [2.45, 2.75) is 76.0 Å². The largest absolute Gasteiger partial charge is 0.490 e. The van der Waals surface area contributed by atoms with Gasteiger partial charge in [-0.15, -0.1) is 0 Å². The van der Waals surface area contributed by atoms with E-state index < -0.39 is 0 Å². The van der Waals surface area contributed by atoms with Crippen molar-refractivity contribution in [1.29, 1.82) is 0 Å². The highest BCUT2D eigenvalue weighted by atomic mass is 16.5. The predicted octanol–water partition coefficient (Wildman–Crippen LogP) is 3.43. The Morgan fingerprint density at radius 1 is 0.929 bits per heavy atom. The second-order valence-electron chi connectivity index (χ2n) is 8.54. The zero-order chi connectivity index (χ0) is 19.2. The molecule has 28 heavy (non-hydrogen) atoms. The first-order chi connectivity index (χ1) is 13.8. The first-order valence-electron chi connectivity index (χ1n) is 11.1. The fraction of sp³-hybridized carbons (Fsp3) is 0.727. The number of aromatic nitrogens is 1. The molecule has 1 aromatic rings. The molecular weight excluding hydrogens is 352 g/mol. The molecule has 0 unspecified atom stereocenters. The van der Waals surface area contributed by atoms with Gasteiger partial charge in [0.1, 0.15) is 11.9 Å². The maximum atomic E-state index is 12.5. The number of urea groups is 1. The van der Waals surface area contributed by atoms with Crippen LogP contribution in [0.25, 0.3) is 0 Å². The number of carbonyl (C=O) groups is 1. The summed E-state index contributed by atoms with van der Waals surface area (Å²) in [5, 5.41) is 3.26. The normalized spacial score (nSPS) is 23.5. The first kappa shape index (κ1) is 19.5. The van der Waals surface area contributed by atoms with Crippen LogP contribution < -0.4 is 10.1 Å². The minimum Gasteiger partial charge on any atom is -0.490 e. The van der Waals surface area contributed by atoms with Gasteiger partial charge in [0, 0.05) is 50.7 Å². The summed E-state index contributed by atoms with van der Waals surface area (Å²) in [7, 11) is 0. The molecule has 2 aliphatic heterocycles. The Morgan fingerprint density at radius 2 is 1.61 bits per heavy atom. The molecule has 3 fully saturated rings. The van der Waals surface area contributed by atoms with Crippen LogP contribution in [0.4, 0.5) is 4.79 Å². The van der Waals surface area contributed by atoms with Gasteiger partial charge < -0.3 is 15.0 Å². The van der Waals surface area contributed by atoms with E-state index in [1.165, 1.54) is 19.3 Å². The highest BCUT2D eigenvalue weighted by Crippen LogP contribution is 2.24. The van der Waals surface area contributed by atoms with E-state index in [9.17, 15) is 4.79 Å². The van der Waals surface area contributed by atoms with Crippen LogP contribution in [-0.4, -0.2) is 65.2 Å². The molecule has 6 heteroatoms. The number of amides is 2. The van der Waals surface area contributed by atoms with Crippen molar-refractivity contribution in [2.75, 3.05) is 26.2 Å². The topological polar surface area (TPSA) is 57.7 Å². The minimum atomic E-state index is 0.162. The molecule has 3 heterocycles. The number of likely N-dealkylation sites (tertiary alicyclic amines) is 2. The molecule has 0 atom stereocenters. The monoisotopic (exact) mass is 386 g/mol. The van der Waals surface area contributed by atoms with Gasteiger partial charge in [-0.05, 0) is 50.7 Å². The van der Waals surface area contributed by atoms with E-state index >= 15 is 0 Å². The zero-order valence-electron chi connectivity index (χ0n) is 16.9. The molecule has 1 saturated carbocycles. The van der Waals surface area contributed by atoms with Gasteiger partial charge in [0.05, 0.1) is 0 Å². The molecule has 154 valence electrons. The van der Waals surface area contributed by atoms with Crippen LogP contribution in [0.5, 0.6) is 5.75 Å². The van der Waals surface area contributed by atoms with Crippen molar-refractivity contribution in [3.8, 4) is 5.75 Å². The Morgan fingerprint density at radius 3 is 2.29 bits per heavy atom. The lowest BCUT2D eigenvalue weighted by atomic mass is 9.95. The lowest BCUT2D eigenvalue weighted by Crippen LogP contribution is -2.53. The van der Waals surface area contributed by atoms with Crippen LogP contribution in [0.2, 0.25) is 0 Å². The van der Waals surface area contributed by atoms with Gasteiger partial charge in [-0.1, -0.05) is 19.3 Å². The number of hydrogen-bond donors (Lipinski definition) is 1. The average Bonchev–Trinajstić information content (AvgIpc) is 2.76. The lowest BCUT2D eigenvalue weighted by molar-refractivity contribution is 0.0532. The van der Waals surface area contributed by atoms with E-state index in [1.54, 1.807) is 12.4 Å². The van der Waals surface area contributed by atoms with E-state index in [2.05, 4.69) is 15.2 Å². The molecule has 0 spiro atoms. The molecule has 0 radical (unpaired) electrons. The Balaban J connectivity index is 1.17. The molecule has 2 saturated heterocycles. The summed E-state index contributed by atoms with van der Waals surface area (Å²) in [5.74, 6) is 0.922. The van der Waals surface area contributed by atoms with E-state index in [1.807, 2.05) is 17.0 Å². The summed E-state index contributed by atoms with van der Waals surface area (Å²) < 4.78 is 6.08. The van der Waals surface area contributed by atoms with Crippen molar-refractivity contribution in [2.24, 2.45) is 0 Å². The molecule has 0 bridgehead atoms. The van der Waals surface area contributed by atoms with Gasteiger partial charge in [-0.2, -0.15) is 0 Å². The van der Waals surface area contributed by atoms with E-state index in [4.69, 9.17) is 4.74 Å². The summed E-state index contributed by atoms with van der Waals surface area (Å²) in [6.07, 6.45) is 14.3. The van der Waals surface area contributed by atoms with Crippen molar-refractivity contribution in [3.63, 3.8) is 0 Å². The molecule has 4 rings (SSSR count). The van der Waals surface area contributed by atoms with Crippen molar-refractivity contribution in [3.05, 3.63) is 24.5 Å².